The number of thioether (sulfide) groups is 2. The summed E-state index contributed by atoms with van der Waals surface area (Å²) in [5.74, 6) is -0.0349. The lowest BCUT2D eigenvalue weighted by Gasteiger charge is -2.17. The molecule has 0 saturated carbocycles. The second-order valence-electron chi connectivity index (χ2n) is 8.38. The van der Waals surface area contributed by atoms with Crippen LogP contribution in [-0.2, 0) is 17.9 Å². The van der Waals surface area contributed by atoms with E-state index in [1.165, 1.54) is 45.0 Å². The predicted octanol–water partition coefficient (Wildman–Crippen LogP) is 3.75. The number of carbonyl (C=O) groups is 1. The van der Waals surface area contributed by atoms with Crippen LogP contribution in [0.25, 0.3) is 17.1 Å². The zero-order chi connectivity index (χ0) is 27.1. The molecule has 0 unspecified atom stereocenters. The standard InChI is InChI=1S/C26H26N4O3S5/c1-5-27-15-11-9-10-12-16(15)35-19(27)14-20-28(6-2)22(31)17(36-20)13-18-23(32)29(7-3)25(37-18)21-24(33)30(8-4)26(34)38-21/h9-14H,5-8H2,1-4H3/p+1/b25-21-. The Morgan fingerprint density at radius 3 is 2.37 bits per heavy atom. The molecule has 1 amide bonds. The van der Waals surface area contributed by atoms with Gasteiger partial charge in [0.25, 0.3) is 16.5 Å². The smallest absolute Gasteiger partial charge is 0.384 e. The number of rotatable bonds is 6. The van der Waals surface area contributed by atoms with E-state index in [1.54, 1.807) is 27.3 Å². The molecule has 2 aliphatic rings. The van der Waals surface area contributed by atoms with Gasteiger partial charge in [-0.05, 0) is 45.9 Å². The van der Waals surface area contributed by atoms with Crippen LogP contribution in [0, 0.1) is 0 Å². The van der Waals surface area contributed by atoms with Crippen molar-refractivity contribution in [2.45, 2.75) is 45.7 Å². The maximum Gasteiger partial charge on any atom is 0.384 e. The number of aromatic nitrogens is 2. The Bertz CT molecular complexity index is 1670. The molecule has 4 heterocycles. The van der Waals surface area contributed by atoms with Crippen molar-refractivity contribution in [3.05, 3.63) is 58.7 Å². The number of amides is 1. The van der Waals surface area contributed by atoms with Gasteiger partial charge in [-0.15, -0.1) is 11.3 Å². The fourth-order valence-corrected chi connectivity index (χ4v) is 9.54. The summed E-state index contributed by atoms with van der Waals surface area (Å²) >= 11 is 11.0. The lowest BCUT2D eigenvalue weighted by Crippen LogP contribution is -2.33. The molecule has 5 rings (SSSR count). The largest absolute Gasteiger partial charge is 0.459 e. The Morgan fingerprint density at radius 2 is 1.71 bits per heavy atom. The average molecular weight is 604 g/mol. The molecule has 1 N–H and O–H groups in total. The van der Waals surface area contributed by atoms with E-state index in [9.17, 15) is 14.7 Å². The normalized spacial score (nSPS) is 18.4. The second-order valence-corrected chi connectivity index (χ2v) is 13.2. The highest BCUT2D eigenvalue weighted by Crippen LogP contribution is 2.46. The van der Waals surface area contributed by atoms with Crippen LogP contribution in [0.3, 0.4) is 0 Å². The van der Waals surface area contributed by atoms with E-state index in [0.717, 1.165) is 16.6 Å². The monoisotopic (exact) mass is 603 g/mol. The Kier molecular flexibility index (Phi) is 7.88. The lowest BCUT2D eigenvalue weighted by atomic mass is 10.3. The zero-order valence-corrected chi connectivity index (χ0v) is 25.5. The summed E-state index contributed by atoms with van der Waals surface area (Å²) in [7, 11) is 0. The lowest BCUT2D eigenvalue weighted by molar-refractivity contribution is -0.696. The number of benzene rings is 1. The van der Waals surface area contributed by atoms with Gasteiger partial charge in [-0.1, -0.05) is 59.2 Å². The van der Waals surface area contributed by atoms with E-state index >= 15 is 0 Å². The first-order valence-corrected chi connectivity index (χ1v) is 16.0. The Hall–Kier alpha value is -2.38. The van der Waals surface area contributed by atoms with Gasteiger partial charge in [0.1, 0.15) is 18.8 Å². The summed E-state index contributed by atoms with van der Waals surface area (Å²) < 4.78 is 5.06. The van der Waals surface area contributed by atoms with Gasteiger partial charge in [0.05, 0.1) is 21.3 Å². The van der Waals surface area contributed by atoms with Gasteiger partial charge in [0, 0.05) is 24.5 Å². The Labute approximate surface area is 242 Å². The van der Waals surface area contributed by atoms with E-state index in [4.69, 9.17) is 12.2 Å². The Balaban J connectivity index is 1.62. The number of aromatic hydroxyl groups is 1. The number of carbonyl (C=O) groups excluding carboxylic acids is 1. The summed E-state index contributed by atoms with van der Waals surface area (Å²) in [4.78, 5) is 32.4. The average Bonchev–Trinajstić information content (AvgIpc) is 3.60. The highest BCUT2D eigenvalue weighted by Gasteiger charge is 2.33. The quantitative estimate of drug-likeness (QED) is 0.340. The van der Waals surface area contributed by atoms with Crippen LogP contribution in [0.1, 0.15) is 37.6 Å². The van der Waals surface area contributed by atoms with Crippen LogP contribution in [0.15, 0.2) is 39.0 Å². The van der Waals surface area contributed by atoms with Crippen molar-refractivity contribution in [3.8, 4) is 5.88 Å². The molecule has 2 aliphatic heterocycles. The van der Waals surface area contributed by atoms with Gasteiger partial charge in [0.2, 0.25) is 0 Å². The van der Waals surface area contributed by atoms with Crippen molar-refractivity contribution < 1.29 is 14.5 Å². The van der Waals surface area contributed by atoms with Gasteiger partial charge >= 0.3 is 5.88 Å². The summed E-state index contributed by atoms with van der Waals surface area (Å²) in [6, 6.07) is 8.33. The van der Waals surface area contributed by atoms with Crippen LogP contribution < -0.4 is 24.2 Å². The summed E-state index contributed by atoms with van der Waals surface area (Å²) in [5.41, 5.74) is 1.01. The van der Waals surface area contributed by atoms with Gasteiger partial charge in [0.15, 0.2) is 6.54 Å². The molecule has 0 radical (unpaired) electrons. The summed E-state index contributed by atoms with van der Waals surface area (Å²) in [6.07, 6.45) is 3.85. The number of nitrogens with zero attached hydrogens (tertiary/aromatic N) is 4. The van der Waals surface area contributed by atoms with Crippen LogP contribution in [0.5, 0.6) is 5.88 Å². The highest BCUT2D eigenvalue weighted by molar-refractivity contribution is 8.30. The van der Waals surface area contributed by atoms with E-state index in [-0.39, 0.29) is 17.3 Å². The third-order valence-corrected chi connectivity index (χ3v) is 11.2. The van der Waals surface area contributed by atoms with Crippen molar-refractivity contribution in [1.82, 2.24) is 9.47 Å². The van der Waals surface area contributed by atoms with Crippen LogP contribution in [0.4, 0.5) is 5.69 Å². The minimum atomic E-state index is -0.177. The molecule has 7 nitrogen and oxygen atoms in total. The topological polar surface area (TPSA) is 69.7 Å². The molecule has 0 bridgehead atoms. The molecular formula is C26H27N4O3S5+. The SMILES string of the molecule is CCN1C(=O)/C(=c2/s/c(=C/c3sc(/C=C4/Sc5ccccc5N4CC)[n+](CC)c3O)c(=O)n2CC)SC1=S. The molecule has 38 heavy (non-hydrogen) atoms. The maximum atomic E-state index is 13.3. The van der Waals surface area contributed by atoms with Crippen LogP contribution in [-0.4, -0.2) is 37.9 Å². The molecule has 0 aliphatic carbocycles. The molecule has 0 spiro atoms. The number of hydrogen-bond acceptors (Lipinski definition) is 9. The molecule has 1 fully saturated rings. The van der Waals surface area contributed by atoms with E-state index in [2.05, 4.69) is 30.0 Å². The molecule has 12 heteroatoms. The molecule has 198 valence electrons. The van der Waals surface area contributed by atoms with E-state index in [0.29, 0.717) is 42.9 Å². The second kappa shape index (κ2) is 11.0. The summed E-state index contributed by atoms with van der Waals surface area (Å²) in [6.45, 7) is 10.2. The van der Waals surface area contributed by atoms with Crippen LogP contribution in [0.2, 0.25) is 0 Å². The third kappa shape index (κ3) is 4.56. The molecular weight excluding hydrogens is 577 g/mol. The Morgan fingerprint density at radius 1 is 0.974 bits per heavy atom. The molecule has 3 aromatic rings. The van der Waals surface area contributed by atoms with Crippen molar-refractivity contribution in [1.29, 1.82) is 0 Å². The van der Waals surface area contributed by atoms with E-state index in [1.807, 2.05) is 37.5 Å². The number of para-hydroxylation sites is 1. The first-order chi connectivity index (χ1) is 18.3. The minimum Gasteiger partial charge on any atom is -0.459 e. The van der Waals surface area contributed by atoms with Crippen LogP contribution >= 0.6 is 58.4 Å². The van der Waals surface area contributed by atoms with Gasteiger partial charge in [-0.3, -0.25) is 19.1 Å². The van der Waals surface area contributed by atoms with Gasteiger partial charge < -0.3 is 10.0 Å². The first kappa shape index (κ1) is 27.2. The highest BCUT2D eigenvalue weighted by atomic mass is 32.2. The number of thiazole rings is 2. The third-order valence-electron chi connectivity index (χ3n) is 6.32. The fourth-order valence-electron chi connectivity index (χ4n) is 4.44. The van der Waals surface area contributed by atoms with Crippen molar-refractivity contribution in [3.63, 3.8) is 0 Å². The number of fused-ring (bicyclic) bond motifs is 1. The summed E-state index contributed by atoms with van der Waals surface area (Å²) in [5, 5.41) is 13.1. The van der Waals surface area contributed by atoms with Gasteiger partial charge in [-0.25, -0.2) is 0 Å². The molecule has 0 atom stereocenters. The number of anilines is 1. The predicted molar refractivity (Wildman–Crippen MR) is 163 cm³/mol. The van der Waals surface area contributed by atoms with Crippen molar-refractivity contribution in [2.75, 3.05) is 18.0 Å². The molecule has 2 aromatic heterocycles. The zero-order valence-electron chi connectivity index (χ0n) is 21.4. The fraction of sp³-hybridized carbons (Fsp3) is 0.308. The van der Waals surface area contributed by atoms with Crippen molar-refractivity contribution >= 4 is 91.4 Å². The maximum absolute atomic E-state index is 13.3. The number of thiocarbonyl (C=S) groups is 1. The number of hydrogen-bond donors (Lipinski definition) is 1. The molecule has 1 aromatic carbocycles. The van der Waals surface area contributed by atoms with E-state index < -0.39 is 0 Å². The molecule has 1 saturated heterocycles. The minimum absolute atomic E-state index is 0.127. The van der Waals surface area contributed by atoms with Gasteiger partial charge in [-0.2, -0.15) is 4.57 Å². The first-order valence-electron chi connectivity index (χ1n) is 12.3. The van der Waals surface area contributed by atoms with Crippen molar-refractivity contribution in [2.24, 2.45) is 0 Å².